The van der Waals surface area contributed by atoms with Crippen molar-refractivity contribution in [3.8, 4) is 11.5 Å². The summed E-state index contributed by atoms with van der Waals surface area (Å²) in [6, 6.07) is 5.32. The number of hydrogen-bond donors (Lipinski definition) is 1. The minimum absolute atomic E-state index is 0.106. The fourth-order valence-electron chi connectivity index (χ4n) is 3.59. The maximum atomic E-state index is 12.7. The Balaban J connectivity index is 1.53. The van der Waals surface area contributed by atoms with Crippen LogP contribution in [0.25, 0.3) is 0 Å². The van der Waals surface area contributed by atoms with Gasteiger partial charge in [0.25, 0.3) is 0 Å². The number of esters is 1. The van der Waals surface area contributed by atoms with Crippen LogP contribution < -0.4 is 14.8 Å². The van der Waals surface area contributed by atoms with Gasteiger partial charge in [-0.2, -0.15) is 0 Å². The van der Waals surface area contributed by atoms with Crippen LogP contribution in [0.2, 0.25) is 0 Å². The van der Waals surface area contributed by atoms with E-state index in [1.165, 1.54) is 18.4 Å². The summed E-state index contributed by atoms with van der Waals surface area (Å²) in [5, 5.41) is 3.26. The van der Waals surface area contributed by atoms with Crippen LogP contribution >= 0.6 is 11.3 Å². The van der Waals surface area contributed by atoms with Crippen molar-refractivity contribution in [1.82, 2.24) is 4.90 Å². The summed E-state index contributed by atoms with van der Waals surface area (Å²) >= 11 is 1.28. The van der Waals surface area contributed by atoms with Gasteiger partial charge in [-0.05, 0) is 36.6 Å². The molecular formula is C21H22N2O7S. The van der Waals surface area contributed by atoms with Crippen molar-refractivity contribution in [3.63, 3.8) is 0 Å². The summed E-state index contributed by atoms with van der Waals surface area (Å²) in [6.07, 6.45) is 0.191. The number of amides is 2. The van der Waals surface area contributed by atoms with E-state index in [1.54, 1.807) is 30.0 Å². The Hall–Kier alpha value is -3.27. The minimum Gasteiger partial charge on any atom is -0.465 e. The Kier molecular flexibility index (Phi) is 5.99. The van der Waals surface area contributed by atoms with Gasteiger partial charge in [-0.25, -0.2) is 9.59 Å². The highest BCUT2D eigenvalue weighted by atomic mass is 32.1. The molecule has 0 spiro atoms. The van der Waals surface area contributed by atoms with Gasteiger partial charge in [0.1, 0.15) is 5.00 Å². The van der Waals surface area contributed by atoms with Crippen molar-refractivity contribution >= 4 is 34.3 Å². The first-order valence-electron chi connectivity index (χ1n) is 9.83. The molecule has 2 amide bonds. The molecule has 0 saturated carbocycles. The topological polar surface area (TPSA) is 103 Å². The number of thiophene rings is 1. The first-order chi connectivity index (χ1) is 15.0. The van der Waals surface area contributed by atoms with Crippen LogP contribution in [-0.4, -0.2) is 49.9 Å². The van der Waals surface area contributed by atoms with Gasteiger partial charge in [-0.3, -0.25) is 4.79 Å². The van der Waals surface area contributed by atoms with Crippen LogP contribution in [0.3, 0.4) is 0 Å². The number of hydrogen-bond acceptors (Lipinski definition) is 8. The van der Waals surface area contributed by atoms with E-state index >= 15 is 0 Å². The molecule has 164 valence electrons. The fraction of sp³-hybridized carbons (Fsp3) is 0.381. The SMILES string of the molecule is CCOC(=O)N1CCc2c(sc(NC(=O)Cc3ccc4c(c3)OCO4)c2C(=O)OC)C1. The number of carbonyl (C=O) groups is 3. The van der Waals surface area contributed by atoms with E-state index in [-0.39, 0.29) is 19.1 Å². The average molecular weight is 446 g/mol. The molecule has 0 atom stereocenters. The molecule has 0 unspecified atom stereocenters. The molecule has 10 heteroatoms. The highest BCUT2D eigenvalue weighted by molar-refractivity contribution is 7.17. The van der Waals surface area contributed by atoms with Gasteiger partial charge in [0.2, 0.25) is 12.7 Å². The van der Waals surface area contributed by atoms with Crippen LogP contribution in [0.5, 0.6) is 11.5 Å². The maximum Gasteiger partial charge on any atom is 0.410 e. The molecule has 1 aromatic carbocycles. The van der Waals surface area contributed by atoms with Crippen LogP contribution in [0.15, 0.2) is 18.2 Å². The number of methoxy groups -OCH3 is 1. The van der Waals surface area contributed by atoms with Crippen LogP contribution in [0.4, 0.5) is 9.80 Å². The zero-order chi connectivity index (χ0) is 22.0. The number of nitrogens with one attached hydrogen (secondary N) is 1. The summed E-state index contributed by atoms with van der Waals surface area (Å²) in [5.74, 6) is 0.464. The molecule has 2 aliphatic rings. The van der Waals surface area contributed by atoms with E-state index in [1.807, 2.05) is 0 Å². The molecule has 4 rings (SSSR count). The molecule has 0 aliphatic carbocycles. The van der Waals surface area contributed by atoms with Gasteiger partial charge in [0.05, 0.1) is 32.2 Å². The summed E-state index contributed by atoms with van der Waals surface area (Å²) in [6.45, 7) is 2.96. The van der Waals surface area contributed by atoms with Gasteiger partial charge in [-0.15, -0.1) is 11.3 Å². The zero-order valence-corrected chi connectivity index (χ0v) is 18.0. The second-order valence-corrected chi connectivity index (χ2v) is 8.09. The molecule has 0 radical (unpaired) electrons. The molecule has 1 N–H and O–H groups in total. The molecular weight excluding hydrogens is 424 g/mol. The van der Waals surface area contributed by atoms with E-state index in [4.69, 9.17) is 18.9 Å². The third kappa shape index (κ3) is 4.29. The number of carbonyl (C=O) groups excluding carboxylic acids is 3. The Labute approximate surface area is 182 Å². The van der Waals surface area contributed by atoms with E-state index in [0.29, 0.717) is 48.2 Å². The quantitative estimate of drug-likeness (QED) is 0.705. The van der Waals surface area contributed by atoms with Crippen molar-refractivity contribution in [2.45, 2.75) is 26.3 Å². The molecule has 2 aromatic rings. The predicted molar refractivity (Wildman–Crippen MR) is 112 cm³/mol. The normalized spacial score (nSPS) is 14.1. The molecule has 0 bridgehead atoms. The Morgan fingerprint density at radius 3 is 2.81 bits per heavy atom. The lowest BCUT2D eigenvalue weighted by molar-refractivity contribution is -0.115. The van der Waals surface area contributed by atoms with Crippen molar-refractivity contribution in [2.75, 3.05) is 32.4 Å². The first-order valence-corrected chi connectivity index (χ1v) is 10.6. The van der Waals surface area contributed by atoms with Gasteiger partial charge in [-0.1, -0.05) is 6.07 Å². The van der Waals surface area contributed by atoms with Crippen molar-refractivity contribution < 1.29 is 33.3 Å². The zero-order valence-electron chi connectivity index (χ0n) is 17.2. The summed E-state index contributed by atoms with van der Waals surface area (Å²) in [4.78, 5) is 39.6. The molecule has 0 fully saturated rings. The molecule has 0 saturated heterocycles. The Morgan fingerprint density at radius 2 is 2.03 bits per heavy atom. The third-order valence-electron chi connectivity index (χ3n) is 5.03. The van der Waals surface area contributed by atoms with E-state index in [2.05, 4.69) is 5.32 Å². The third-order valence-corrected chi connectivity index (χ3v) is 6.16. The highest BCUT2D eigenvalue weighted by Gasteiger charge is 2.31. The van der Waals surface area contributed by atoms with Crippen LogP contribution in [-0.2, 0) is 33.7 Å². The molecule has 31 heavy (non-hydrogen) atoms. The summed E-state index contributed by atoms with van der Waals surface area (Å²) in [7, 11) is 1.30. The van der Waals surface area contributed by atoms with Crippen molar-refractivity contribution in [3.05, 3.63) is 39.8 Å². The first kappa shape index (κ1) is 21.0. The summed E-state index contributed by atoms with van der Waals surface area (Å²) in [5.41, 5.74) is 1.91. The number of rotatable bonds is 5. The number of anilines is 1. The minimum atomic E-state index is -0.513. The molecule has 9 nitrogen and oxygen atoms in total. The molecule has 3 heterocycles. The number of ether oxygens (including phenoxy) is 4. The number of benzene rings is 1. The monoisotopic (exact) mass is 446 g/mol. The van der Waals surface area contributed by atoms with Crippen molar-refractivity contribution in [2.24, 2.45) is 0 Å². The second kappa shape index (κ2) is 8.84. The lowest BCUT2D eigenvalue weighted by atomic mass is 10.0. The maximum absolute atomic E-state index is 12.7. The van der Waals surface area contributed by atoms with Gasteiger partial charge in [0, 0.05) is 11.4 Å². The lowest BCUT2D eigenvalue weighted by Crippen LogP contribution is -2.36. The van der Waals surface area contributed by atoms with E-state index in [0.717, 1.165) is 16.0 Å². The molecule has 1 aromatic heterocycles. The average Bonchev–Trinajstić information content (AvgIpc) is 3.36. The fourth-order valence-corrected chi connectivity index (χ4v) is 4.85. The van der Waals surface area contributed by atoms with Crippen molar-refractivity contribution in [1.29, 1.82) is 0 Å². The standard InChI is InChI=1S/C21H22N2O7S/c1-3-28-21(26)23-7-6-13-16(10-23)31-19(18(13)20(25)27-2)22-17(24)9-12-4-5-14-15(8-12)30-11-29-14/h4-5,8H,3,6-7,9-11H2,1-2H3,(H,22,24). The van der Waals surface area contributed by atoms with Gasteiger partial charge in [0.15, 0.2) is 11.5 Å². The highest BCUT2D eigenvalue weighted by Crippen LogP contribution is 2.38. The lowest BCUT2D eigenvalue weighted by Gasteiger charge is -2.26. The van der Waals surface area contributed by atoms with Crippen LogP contribution in [0, 0.1) is 0 Å². The number of nitrogens with zero attached hydrogens (tertiary/aromatic N) is 1. The number of fused-ring (bicyclic) bond motifs is 2. The Bertz CT molecular complexity index is 1030. The largest absolute Gasteiger partial charge is 0.465 e. The molecule has 2 aliphatic heterocycles. The Morgan fingerprint density at radius 1 is 1.23 bits per heavy atom. The smallest absolute Gasteiger partial charge is 0.410 e. The van der Waals surface area contributed by atoms with Crippen LogP contribution in [0.1, 0.15) is 33.3 Å². The van der Waals surface area contributed by atoms with Gasteiger partial charge < -0.3 is 29.2 Å². The van der Waals surface area contributed by atoms with Gasteiger partial charge >= 0.3 is 12.1 Å². The summed E-state index contributed by atoms with van der Waals surface area (Å²) < 4.78 is 20.7. The predicted octanol–water partition coefficient (Wildman–Crippen LogP) is 2.96. The second-order valence-electron chi connectivity index (χ2n) is 6.98. The van der Waals surface area contributed by atoms with E-state index < -0.39 is 12.1 Å². The van der Waals surface area contributed by atoms with E-state index in [9.17, 15) is 14.4 Å².